The van der Waals surface area contributed by atoms with E-state index in [1.807, 2.05) is 60.7 Å². The molecule has 0 bridgehead atoms. The van der Waals surface area contributed by atoms with E-state index in [4.69, 9.17) is 5.26 Å². The van der Waals surface area contributed by atoms with Gasteiger partial charge >= 0.3 is 0 Å². The average Bonchev–Trinajstić information content (AvgIpc) is 3.17. The van der Waals surface area contributed by atoms with E-state index in [1.54, 1.807) is 6.07 Å². The lowest BCUT2D eigenvalue weighted by molar-refractivity contribution is 1.18. The first-order valence-corrected chi connectivity index (χ1v) is 9.58. The van der Waals surface area contributed by atoms with E-state index < -0.39 is 0 Å². The summed E-state index contributed by atoms with van der Waals surface area (Å²) in [5.74, 6) is 0. The van der Waals surface area contributed by atoms with Crippen LogP contribution in [0, 0.1) is 34.0 Å². The molecule has 0 saturated carbocycles. The molecule has 2 heterocycles. The normalized spacial score (nSPS) is 10.5. The predicted molar refractivity (Wildman–Crippen MR) is 118 cm³/mol. The van der Waals surface area contributed by atoms with Gasteiger partial charge in [-0.15, -0.1) is 0 Å². The van der Waals surface area contributed by atoms with E-state index in [-0.39, 0.29) is 5.56 Å². The van der Waals surface area contributed by atoms with Crippen molar-refractivity contribution in [3.05, 3.63) is 95.7 Å². The lowest BCUT2D eigenvalue weighted by atomic mass is 10.1. The summed E-state index contributed by atoms with van der Waals surface area (Å²) in [6.45, 7) is 0. The van der Waals surface area contributed by atoms with Crippen molar-refractivity contribution in [1.82, 2.24) is 9.55 Å². The zero-order valence-electron chi connectivity index (χ0n) is 16.2. The molecule has 31 heavy (non-hydrogen) atoms. The maximum absolute atomic E-state index is 9.35. The standard InChI is InChI=1S/C26H13N5/c27-13-17-8-9-26-23(10-17)22-6-1-2-7-25(22)31(26)21-5-3-4-18(11-21)24-12-19(14-28)20(15-29)16-30-24/h1-12,16H. The topological polar surface area (TPSA) is 89.2 Å². The quantitative estimate of drug-likeness (QED) is 0.397. The van der Waals surface area contributed by atoms with Gasteiger partial charge in [-0.3, -0.25) is 4.98 Å². The van der Waals surface area contributed by atoms with Crippen LogP contribution < -0.4 is 0 Å². The van der Waals surface area contributed by atoms with Crippen molar-refractivity contribution in [2.24, 2.45) is 0 Å². The van der Waals surface area contributed by atoms with Crippen LogP contribution in [-0.2, 0) is 0 Å². The molecule has 0 aliphatic heterocycles. The van der Waals surface area contributed by atoms with Gasteiger partial charge < -0.3 is 4.57 Å². The number of benzene rings is 3. The zero-order chi connectivity index (χ0) is 21.4. The highest BCUT2D eigenvalue weighted by molar-refractivity contribution is 6.09. The van der Waals surface area contributed by atoms with E-state index in [0.717, 1.165) is 33.1 Å². The van der Waals surface area contributed by atoms with Gasteiger partial charge in [-0.2, -0.15) is 15.8 Å². The molecular formula is C26H13N5. The molecule has 5 nitrogen and oxygen atoms in total. The molecule has 0 spiro atoms. The molecule has 0 unspecified atom stereocenters. The van der Waals surface area contributed by atoms with Gasteiger partial charge in [0.05, 0.1) is 39.5 Å². The third-order valence-electron chi connectivity index (χ3n) is 5.35. The predicted octanol–water partition coefficient (Wildman–Crippen LogP) is 5.46. The number of nitrogens with zero attached hydrogens (tertiary/aromatic N) is 5. The largest absolute Gasteiger partial charge is 0.309 e. The second-order valence-corrected chi connectivity index (χ2v) is 7.09. The Morgan fingerprint density at radius 3 is 2.29 bits per heavy atom. The van der Waals surface area contributed by atoms with Crippen molar-refractivity contribution in [2.75, 3.05) is 0 Å². The van der Waals surface area contributed by atoms with Crippen molar-refractivity contribution in [2.45, 2.75) is 0 Å². The van der Waals surface area contributed by atoms with E-state index >= 15 is 0 Å². The Hall–Kier alpha value is -4.92. The Morgan fingerprint density at radius 1 is 0.677 bits per heavy atom. The fraction of sp³-hybridized carbons (Fsp3) is 0. The summed E-state index contributed by atoms with van der Waals surface area (Å²) >= 11 is 0. The highest BCUT2D eigenvalue weighted by Crippen LogP contribution is 2.33. The second-order valence-electron chi connectivity index (χ2n) is 7.09. The van der Waals surface area contributed by atoms with E-state index in [0.29, 0.717) is 16.8 Å². The van der Waals surface area contributed by atoms with E-state index in [9.17, 15) is 10.5 Å². The summed E-state index contributed by atoms with van der Waals surface area (Å²) in [4.78, 5) is 4.38. The maximum Gasteiger partial charge on any atom is 0.102 e. The van der Waals surface area contributed by atoms with Crippen molar-refractivity contribution >= 4 is 21.8 Å². The molecular weight excluding hydrogens is 382 g/mol. The number of aromatic nitrogens is 2. The SMILES string of the molecule is N#Cc1ccc2c(c1)c1ccccc1n2-c1cccc(-c2cc(C#N)c(C#N)cn2)c1. The lowest BCUT2D eigenvalue weighted by Crippen LogP contribution is -1.95. The van der Waals surface area contributed by atoms with Crippen LogP contribution in [0.4, 0.5) is 0 Å². The maximum atomic E-state index is 9.35. The van der Waals surface area contributed by atoms with Gasteiger partial charge in [-0.25, -0.2) is 0 Å². The van der Waals surface area contributed by atoms with Gasteiger partial charge in [0.25, 0.3) is 0 Å². The number of nitriles is 3. The summed E-state index contributed by atoms with van der Waals surface area (Å²) < 4.78 is 2.16. The van der Waals surface area contributed by atoms with Crippen LogP contribution in [0.2, 0.25) is 0 Å². The Labute approximate surface area is 178 Å². The monoisotopic (exact) mass is 395 g/mol. The van der Waals surface area contributed by atoms with Crippen LogP contribution in [0.5, 0.6) is 0 Å². The number of hydrogen-bond acceptors (Lipinski definition) is 4. The number of pyridine rings is 1. The molecule has 3 aromatic carbocycles. The number of fused-ring (bicyclic) bond motifs is 3. The average molecular weight is 395 g/mol. The van der Waals surface area contributed by atoms with Gasteiger partial charge in [0.15, 0.2) is 0 Å². The fourth-order valence-electron chi connectivity index (χ4n) is 3.92. The van der Waals surface area contributed by atoms with E-state index in [1.165, 1.54) is 6.20 Å². The second kappa shape index (κ2) is 7.16. The molecule has 0 radical (unpaired) electrons. The van der Waals surface area contributed by atoms with Crippen LogP contribution >= 0.6 is 0 Å². The first-order chi connectivity index (χ1) is 15.2. The molecule has 142 valence electrons. The Bertz CT molecular complexity index is 1620. The molecule has 0 aliphatic rings. The third-order valence-corrected chi connectivity index (χ3v) is 5.35. The van der Waals surface area contributed by atoms with Crippen molar-refractivity contribution in [1.29, 1.82) is 15.8 Å². The van der Waals surface area contributed by atoms with Gasteiger partial charge in [-0.1, -0.05) is 30.3 Å². The van der Waals surface area contributed by atoms with Crippen LogP contribution in [0.25, 0.3) is 38.8 Å². The minimum Gasteiger partial charge on any atom is -0.309 e. The van der Waals surface area contributed by atoms with Crippen LogP contribution in [-0.4, -0.2) is 9.55 Å². The molecule has 0 N–H and O–H groups in total. The third kappa shape index (κ3) is 2.88. The molecule has 0 atom stereocenters. The molecule has 0 aliphatic carbocycles. The molecule has 5 heteroatoms. The molecule has 2 aromatic heterocycles. The fourth-order valence-corrected chi connectivity index (χ4v) is 3.92. The highest BCUT2D eigenvalue weighted by Gasteiger charge is 2.14. The summed E-state index contributed by atoms with van der Waals surface area (Å²) in [5, 5.41) is 29.9. The molecule has 5 rings (SSSR count). The number of hydrogen-bond donors (Lipinski definition) is 0. The Balaban J connectivity index is 1.75. The van der Waals surface area contributed by atoms with Gasteiger partial charge in [-0.05, 0) is 42.5 Å². The van der Waals surface area contributed by atoms with Gasteiger partial charge in [0.2, 0.25) is 0 Å². The summed E-state index contributed by atoms with van der Waals surface area (Å²) in [7, 11) is 0. The first-order valence-electron chi connectivity index (χ1n) is 9.58. The lowest BCUT2D eigenvalue weighted by Gasteiger charge is -2.10. The Morgan fingerprint density at radius 2 is 1.48 bits per heavy atom. The summed E-state index contributed by atoms with van der Waals surface area (Å²) in [6.07, 6.45) is 1.43. The van der Waals surface area contributed by atoms with Crippen LogP contribution in [0.1, 0.15) is 16.7 Å². The van der Waals surface area contributed by atoms with E-state index in [2.05, 4.69) is 33.8 Å². The number of para-hydroxylation sites is 1. The molecule has 0 fully saturated rings. The van der Waals surface area contributed by atoms with Gasteiger partial charge in [0, 0.05) is 28.2 Å². The van der Waals surface area contributed by atoms with Gasteiger partial charge in [0.1, 0.15) is 12.1 Å². The molecule has 0 saturated heterocycles. The smallest absolute Gasteiger partial charge is 0.102 e. The minimum absolute atomic E-state index is 0.262. The van der Waals surface area contributed by atoms with Crippen molar-refractivity contribution in [3.63, 3.8) is 0 Å². The van der Waals surface area contributed by atoms with Crippen molar-refractivity contribution in [3.8, 4) is 35.2 Å². The van der Waals surface area contributed by atoms with Crippen LogP contribution in [0.3, 0.4) is 0 Å². The minimum atomic E-state index is 0.262. The number of rotatable bonds is 2. The molecule has 0 amide bonds. The Kier molecular flexibility index (Phi) is 4.19. The van der Waals surface area contributed by atoms with Crippen molar-refractivity contribution < 1.29 is 0 Å². The van der Waals surface area contributed by atoms with Crippen LogP contribution in [0.15, 0.2) is 79.0 Å². The first kappa shape index (κ1) is 18.1. The summed E-state index contributed by atoms with van der Waals surface area (Å²) in [6, 6.07) is 29.6. The highest BCUT2D eigenvalue weighted by atomic mass is 15.0. The summed E-state index contributed by atoms with van der Waals surface area (Å²) in [5.41, 5.74) is 5.64. The zero-order valence-corrected chi connectivity index (χ0v) is 16.2. The molecule has 5 aromatic rings.